The first-order valence-electron chi connectivity index (χ1n) is 9.50. The molecule has 0 aliphatic heterocycles. The molecule has 2 N–H and O–H groups in total. The maximum atomic E-state index is 13.6. The maximum Gasteiger partial charge on any atom is 0.223 e. The molecule has 1 fully saturated rings. The topological polar surface area (TPSA) is 67.4 Å². The number of ether oxygens (including phenoxy) is 1. The van der Waals surface area contributed by atoms with Crippen LogP contribution in [0, 0.1) is 17.7 Å². The van der Waals surface area contributed by atoms with Crippen molar-refractivity contribution >= 4 is 11.8 Å². The average molecular weight is 384 g/mol. The molecule has 1 aliphatic carbocycles. The fourth-order valence-electron chi connectivity index (χ4n) is 3.22. The zero-order valence-electron chi connectivity index (χ0n) is 15.9. The molecular formula is C22H25FN2O3. The smallest absolute Gasteiger partial charge is 0.223 e. The summed E-state index contributed by atoms with van der Waals surface area (Å²) in [6, 6.07) is 14.2. The van der Waals surface area contributed by atoms with Gasteiger partial charge in [-0.15, -0.1) is 0 Å². The molecule has 0 radical (unpaired) electrons. The molecule has 0 aromatic heterocycles. The van der Waals surface area contributed by atoms with E-state index in [2.05, 4.69) is 10.6 Å². The van der Waals surface area contributed by atoms with Gasteiger partial charge in [-0.1, -0.05) is 30.3 Å². The van der Waals surface area contributed by atoms with Crippen LogP contribution >= 0.6 is 0 Å². The molecule has 0 saturated heterocycles. The van der Waals surface area contributed by atoms with Crippen LogP contribution in [0.25, 0.3) is 0 Å². The second-order valence-corrected chi connectivity index (χ2v) is 6.97. The van der Waals surface area contributed by atoms with Crippen LogP contribution in [0.1, 0.15) is 17.5 Å². The number of amides is 2. The van der Waals surface area contributed by atoms with Gasteiger partial charge in [-0.2, -0.15) is 0 Å². The Morgan fingerprint density at radius 2 is 1.68 bits per heavy atom. The third-order valence-corrected chi connectivity index (χ3v) is 4.96. The lowest BCUT2D eigenvalue weighted by molar-refractivity contribution is -0.127. The van der Waals surface area contributed by atoms with Gasteiger partial charge in [0, 0.05) is 13.1 Å². The molecule has 1 saturated carbocycles. The van der Waals surface area contributed by atoms with Crippen LogP contribution < -0.4 is 15.4 Å². The van der Waals surface area contributed by atoms with Crippen molar-refractivity contribution in [2.24, 2.45) is 11.8 Å². The van der Waals surface area contributed by atoms with Crippen LogP contribution in [-0.2, 0) is 22.4 Å². The normalized spacial score (nSPS) is 17.6. The fourth-order valence-corrected chi connectivity index (χ4v) is 3.22. The molecular weight excluding hydrogens is 359 g/mol. The first-order chi connectivity index (χ1) is 13.6. The number of rotatable bonds is 9. The molecule has 3 rings (SSSR count). The van der Waals surface area contributed by atoms with Crippen molar-refractivity contribution in [1.82, 2.24) is 10.6 Å². The lowest BCUT2D eigenvalue weighted by Gasteiger charge is -2.07. The van der Waals surface area contributed by atoms with Crippen molar-refractivity contribution in [3.63, 3.8) is 0 Å². The van der Waals surface area contributed by atoms with Crippen molar-refractivity contribution in [3.05, 3.63) is 65.5 Å². The van der Waals surface area contributed by atoms with Crippen molar-refractivity contribution in [2.45, 2.75) is 19.3 Å². The number of carbonyl (C=O) groups excluding carboxylic acids is 2. The van der Waals surface area contributed by atoms with E-state index in [1.807, 2.05) is 24.3 Å². The largest absolute Gasteiger partial charge is 0.497 e. The van der Waals surface area contributed by atoms with E-state index in [0.29, 0.717) is 37.9 Å². The third-order valence-electron chi connectivity index (χ3n) is 4.96. The standard InChI is InChI=1S/C22H25FN2O3/c1-28-17-7-4-5-15(13-17)9-11-24-21(26)18-14-19(18)22(27)25-12-10-16-6-2-3-8-20(16)23/h2-8,13,18-19H,9-12,14H2,1H3,(H,24,26)(H,25,27). The highest BCUT2D eigenvalue weighted by molar-refractivity contribution is 5.92. The van der Waals surface area contributed by atoms with Crippen molar-refractivity contribution in [1.29, 1.82) is 0 Å². The summed E-state index contributed by atoms with van der Waals surface area (Å²) in [5.41, 5.74) is 1.66. The molecule has 0 bridgehead atoms. The lowest BCUT2D eigenvalue weighted by Crippen LogP contribution is -2.32. The number of nitrogens with one attached hydrogen (secondary N) is 2. The summed E-state index contributed by atoms with van der Waals surface area (Å²) < 4.78 is 18.7. The number of benzene rings is 2. The van der Waals surface area contributed by atoms with Crippen LogP contribution in [0.5, 0.6) is 5.75 Å². The van der Waals surface area contributed by atoms with Gasteiger partial charge in [0.25, 0.3) is 0 Å². The number of methoxy groups -OCH3 is 1. The highest BCUT2D eigenvalue weighted by Gasteiger charge is 2.47. The predicted molar refractivity (Wildman–Crippen MR) is 104 cm³/mol. The second-order valence-electron chi connectivity index (χ2n) is 6.97. The van der Waals surface area contributed by atoms with E-state index in [-0.39, 0.29) is 29.5 Å². The molecule has 0 spiro atoms. The van der Waals surface area contributed by atoms with Crippen molar-refractivity contribution in [3.8, 4) is 5.75 Å². The van der Waals surface area contributed by atoms with E-state index in [9.17, 15) is 14.0 Å². The van der Waals surface area contributed by atoms with Crippen molar-refractivity contribution < 1.29 is 18.7 Å². The highest BCUT2D eigenvalue weighted by Crippen LogP contribution is 2.38. The summed E-state index contributed by atoms with van der Waals surface area (Å²) in [5, 5.41) is 5.70. The number of halogens is 1. The van der Waals surface area contributed by atoms with Gasteiger partial charge in [-0.3, -0.25) is 9.59 Å². The summed E-state index contributed by atoms with van der Waals surface area (Å²) in [7, 11) is 1.62. The number of hydrogen-bond donors (Lipinski definition) is 2. The molecule has 0 heterocycles. The minimum absolute atomic E-state index is 0.0860. The molecule has 2 unspecified atom stereocenters. The molecule has 2 amide bonds. The Morgan fingerprint density at radius 3 is 2.36 bits per heavy atom. The van der Waals surface area contributed by atoms with Crippen LogP contribution in [0.15, 0.2) is 48.5 Å². The molecule has 1 aliphatic rings. The summed E-state index contributed by atoms with van der Waals surface area (Å²) in [6.07, 6.45) is 1.70. The fraction of sp³-hybridized carbons (Fsp3) is 0.364. The predicted octanol–water partition coefficient (Wildman–Crippen LogP) is 2.49. The second kappa shape index (κ2) is 9.35. The third kappa shape index (κ3) is 5.31. The van der Waals surface area contributed by atoms with Crippen LogP contribution in [0.4, 0.5) is 4.39 Å². The first-order valence-corrected chi connectivity index (χ1v) is 9.50. The van der Waals surface area contributed by atoms with Gasteiger partial charge in [-0.05, 0) is 48.6 Å². The molecule has 2 aromatic carbocycles. The van der Waals surface area contributed by atoms with Crippen LogP contribution in [0.2, 0.25) is 0 Å². The summed E-state index contributed by atoms with van der Waals surface area (Å²) in [6.45, 7) is 0.880. The van der Waals surface area contributed by atoms with Crippen LogP contribution in [-0.4, -0.2) is 32.0 Å². The monoisotopic (exact) mass is 384 g/mol. The Kier molecular flexibility index (Phi) is 6.63. The Morgan fingerprint density at radius 1 is 1.00 bits per heavy atom. The summed E-state index contributed by atoms with van der Waals surface area (Å²) >= 11 is 0. The Labute approximate surface area is 164 Å². The molecule has 5 nitrogen and oxygen atoms in total. The summed E-state index contributed by atoms with van der Waals surface area (Å²) in [4.78, 5) is 24.4. The number of carbonyl (C=O) groups is 2. The molecule has 28 heavy (non-hydrogen) atoms. The molecule has 6 heteroatoms. The van der Waals surface area contributed by atoms with Gasteiger partial charge in [0.1, 0.15) is 11.6 Å². The zero-order valence-corrected chi connectivity index (χ0v) is 15.9. The molecule has 2 aromatic rings. The highest BCUT2D eigenvalue weighted by atomic mass is 19.1. The zero-order chi connectivity index (χ0) is 19.9. The van der Waals surface area contributed by atoms with Gasteiger partial charge >= 0.3 is 0 Å². The SMILES string of the molecule is COc1cccc(CCNC(=O)C2CC2C(=O)NCCc2ccccc2F)c1. The van der Waals surface area contributed by atoms with E-state index in [0.717, 1.165) is 11.3 Å². The van der Waals surface area contributed by atoms with E-state index >= 15 is 0 Å². The van der Waals surface area contributed by atoms with Gasteiger partial charge in [0.2, 0.25) is 11.8 Å². The lowest BCUT2D eigenvalue weighted by atomic mass is 10.1. The maximum absolute atomic E-state index is 13.6. The van der Waals surface area contributed by atoms with E-state index in [1.165, 1.54) is 6.07 Å². The van der Waals surface area contributed by atoms with Gasteiger partial charge < -0.3 is 15.4 Å². The van der Waals surface area contributed by atoms with E-state index in [1.54, 1.807) is 25.3 Å². The van der Waals surface area contributed by atoms with Crippen LogP contribution in [0.3, 0.4) is 0 Å². The Bertz CT molecular complexity index is 840. The minimum Gasteiger partial charge on any atom is -0.497 e. The quantitative estimate of drug-likeness (QED) is 0.698. The van der Waals surface area contributed by atoms with Gasteiger partial charge in [0.15, 0.2) is 0 Å². The van der Waals surface area contributed by atoms with Gasteiger partial charge in [-0.25, -0.2) is 4.39 Å². The number of hydrogen-bond acceptors (Lipinski definition) is 3. The van der Waals surface area contributed by atoms with E-state index in [4.69, 9.17) is 4.74 Å². The minimum atomic E-state index is -0.280. The first kappa shape index (κ1) is 19.9. The van der Waals surface area contributed by atoms with Gasteiger partial charge in [0.05, 0.1) is 18.9 Å². The molecule has 2 atom stereocenters. The summed E-state index contributed by atoms with van der Waals surface area (Å²) in [5.74, 6) is -0.243. The Balaban J connectivity index is 1.35. The Hall–Kier alpha value is -2.89. The average Bonchev–Trinajstić information content (AvgIpc) is 3.50. The van der Waals surface area contributed by atoms with Crippen molar-refractivity contribution in [2.75, 3.05) is 20.2 Å². The van der Waals surface area contributed by atoms with E-state index < -0.39 is 0 Å². The molecule has 148 valence electrons.